The van der Waals surface area contributed by atoms with Gasteiger partial charge >= 0.3 is 0 Å². The van der Waals surface area contributed by atoms with Crippen molar-refractivity contribution in [3.8, 4) is 17.0 Å². The summed E-state index contributed by atoms with van der Waals surface area (Å²) in [6.45, 7) is 1.67. The second-order valence-electron chi connectivity index (χ2n) is 6.47. The molecule has 27 heavy (non-hydrogen) atoms. The zero-order valence-corrected chi connectivity index (χ0v) is 17.5. The van der Waals surface area contributed by atoms with E-state index in [2.05, 4.69) is 44.1 Å². The van der Waals surface area contributed by atoms with Gasteiger partial charge in [-0.05, 0) is 49.2 Å². The number of ether oxygens (including phenoxy) is 2. The Hall–Kier alpha value is -1.89. The molecule has 1 aliphatic heterocycles. The van der Waals surface area contributed by atoms with E-state index < -0.39 is 0 Å². The van der Waals surface area contributed by atoms with E-state index in [1.165, 1.54) is 11.3 Å². The molecule has 1 atom stereocenters. The number of nitrogens with zero attached hydrogens (tertiary/aromatic N) is 2. The molecule has 0 aliphatic carbocycles. The van der Waals surface area contributed by atoms with Crippen LogP contribution < -0.4 is 9.54 Å². The first-order valence-corrected chi connectivity index (χ1v) is 10.6. The molecule has 1 aromatic heterocycles. The van der Waals surface area contributed by atoms with Crippen LogP contribution in [0.2, 0.25) is 0 Å². The molecule has 4 rings (SSSR count). The molecule has 0 amide bonds. The van der Waals surface area contributed by atoms with Gasteiger partial charge in [-0.25, -0.2) is 4.99 Å². The van der Waals surface area contributed by atoms with E-state index in [1.54, 1.807) is 18.4 Å². The Morgan fingerprint density at radius 3 is 2.81 bits per heavy atom. The van der Waals surface area contributed by atoms with Crippen LogP contribution in [-0.2, 0) is 11.3 Å². The molecule has 6 heteroatoms. The van der Waals surface area contributed by atoms with Crippen LogP contribution in [0.3, 0.4) is 0 Å². The van der Waals surface area contributed by atoms with Crippen LogP contribution in [0.15, 0.2) is 63.4 Å². The van der Waals surface area contributed by atoms with E-state index in [9.17, 15) is 0 Å². The summed E-state index contributed by atoms with van der Waals surface area (Å²) in [5.41, 5.74) is 3.26. The predicted molar refractivity (Wildman–Crippen MR) is 113 cm³/mol. The van der Waals surface area contributed by atoms with Crippen molar-refractivity contribution in [1.82, 2.24) is 4.57 Å². The van der Waals surface area contributed by atoms with Gasteiger partial charge in [0.2, 0.25) is 0 Å². The second kappa shape index (κ2) is 8.42. The highest BCUT2D eigenvalue weighted by Crippen LogP contribution is 2.26. The lowest BCUT2D eigenvalue weighted by Gasteiger charge is -2.14. The first-order chi connectivity index (χ1) is 13.2. The van der Waals surface area contributed by atoms with Gasteiger partial charge in [-0.15, -0.1) is 11.3 Å². The minimum Gasteiger partial charge on any atom is -0.497 e. The van der Waals surface area contributed by atoms with Gasteiger partial charge in [0.25, 0.3) is 0 Å². The normalized spacial score (nSPS) is 17.4. The van der Waals surface area contributed by atoms with Gasteiger partial charge in [0.05, 0.1) is 31.1 Å². The molecular formula is C21H21BrN2O2S. The third-order valence-electron chi connectivity index (χ3n) is 4.63. The van der Waals surface area contributed by atoms with Crippen molar-refractivity contribution in [3.05, 3.63) is 63.2 Å². The van der Waals surface area contributed by atoms with Crippen LogP contribution in [0.25, 0.3) is 11.3 Å². The molecule has 1 saturated heterocycles. The summed E-state index contributed by atoms with van der Waals surface area (Å²) in [5.74, 6) is 0.835. The summed E-state index contributed by atoms with van der Waals surface area (Å²) >= 11 is 5.24. The van der Waals surface area contributed by atoms with Crippen LogP contribution in [-0.4, -0.2) is 24.4 Å². The first kappa shape index (κ1) is 18.5. The summed E-state index contributed by atoms with van der Waals surface area (Å²) in [6.07, 6.45) is 2.48. The highest BCUT2D eigenvalue weighted by Gasteiger charge is 2.19. The quantitative estimate of drug-likeness (QED) is 0.527. The topological polar surface area (TPSA) is 35.8 Å². The lowest BCUT2D eigenvalue weighted by molar-refractivity contribution is 0.0968. The predicted octanol–water partition coefficient (Wildman–Crippen LogP) is 5.40. The zero-order chi connectivity index (χ0) is 18.6. The van der Waals surface area contributed by atoms with Gasteiger partial charge in [-0.3, -0.25) is 0 Å². The monoisotopic (exact) mass is 444 g/mol. The Morgan fingerprint density at radius 2 is 2.11 bits per heavy atom. The number of methoxy groups -OCH3 is 1. The van der Waals surface area contributed by atoms with Crippen molar-refractivity contribution in [3.63, 3.8) is 0 Å². The SMILES string of the molecule is COc1ccc(N=c2scc(-c3cccc(Br)c3)n2CC2CCCO2)cc1. The molecule has 4 nitrogen and oxygen atoms in total. The van der Waals surface area contributed by atoms with Gasteiger partial charge in [0, 0.05) is 22.0 Å². The van der Waals surface area contributed by atoms with Crippen LogP contribution in [0, 0.1) is 0 Å². The van der Waals surface area contributed by atoms with Crippen molar-refractivity contribution < 1.29 is 9.47 Å². The van der Waals surface area contributed by atoms with Gasteiger partial charge in [-0.2, -0.15) is 0 Å². The van der Waals surface area contributed by atoms with Crippen LogP contribution >= 0.6 is 27.3 Å². The summed E-state index contributed by atoms with van der Waals surface area (Å²) < 4.78 is 14.5. The lowest BCUT2D eigenvalue weighted by Crippen LogP contribution is -2.24. The number of thiazole rings is 1. The van der Waals surface area contributed by atoms with Crippen molar-refractivity contribution in [2.24, 2.45) is 4.99 Å². The standard InChI is InChI=1S/C21H21BrN2O2S/c1-25-18-9-7-17(8-10-18)23-21-24(13-19-6-3-11-26-19)20(14-27-21)15-4-2-5-16(22)12-15/h2,4-5,7-10,12,14,19H,3,6,11,13H2,1H3. The number of benzene rings is 2. The Balaban J connectivity index is 1.76. The molecule has 0 radical (unpaired) electrons. The average molecular weight is 445 g/mol. The van der Waals surface area contributed by atoms with Crippen molar-refractivity contribution in [1.29, 1.82) is 0 Å². The molecule has 140 valence electrons. The fourth-order valence-electron chi connectivity index (χ4n) is 3.23. The average Bonchev–Trinajstić information content (AvgIpc) is 3.33. The van der Waals surface area contributed by atoms with E-state index in [4.69, 9.17) is 14.5 Å². The van der Waals surface area contributed by atoms with E-state index in [1.807, 2.05) is 30.3 Å². The summed E-state index contributed by atoms with van der Waals surface area (Å²) in [4.78, 5) is 5.86. The van der Waals surface area contributed by atoms with Crippen molar-refractivity contribution >= 4 is 33.0 Å². The van der Waals surface area contributed by atoms with E-state index in [-0.39, 0.29) is 6.10 Å². The fraction of sp³-hybridized carbons (Fsp3) is 0.286. The minimum absolute atomic E-state index is 0.250. The molecule has 1 fully saturated rings. The zero-order valence-electron chi connectivity index (χ0n) is 15.1. The van der Waals surface area contributed by atoms with E-state index in [0.29, 0.717) is 0 Å². The fourth-order valence-corrected chi connectivity index (χ4v) is 4.57. The Kier molecular flexibility index (Phi) is 5.76. The number of halogens is 1. The molecule has 0 bridgehead atoms. The molecular weight excluding hydrogens is 424 g/mol. The molecule has 1 aliphatic rings. The Labute approximate surface area is 171 Å². The number of hydrogen-bond donors (Lipinski definition) is 0. The maximum absolute atomic E-state index is 5.89. The second-order valence-corrected chi connectivity index (χ2v) is 8.22. The van der Waals surface area contributed by atoms with Gasteiger partial charge in [0.1, 0.15) is 5.75 Å². The molecule has 0 spiro atoms. The molecule has 3 aromatic rings. The van der Waals surface area contributed by atoms with Crippen LogP contribution in [0.4, 0.5) is 5.69 Å². The first-order valence-electron chi connectivity index (χ1n) is 8.97. The molecule has 1 unspecified atom stereocenters. The Morgan fingerprint density at radius 1 is 1.26 bits per heavy atom. The summed E-state index contributed by atoms with van der Waals surface area (Å²) in [6, 6.07) is 16.2. The minimum atomic E-state index is 0.250. The highest BCUT2D eigenvalue weighted by atomic mass is 79.9. The van der Waals surface area contributed by atoms with E-state index in [0.717, 1.165) is 46.7 Å². The highest BCUT2D eigenvalue weighted by molar-refractivity contribution is 9.10. The van der Waals surface area contributed by atoms with Crippen molar-refractivity contribution in [2.75, 3.05) is 13.7 Å². The van der Waals surface area contributed by atoms with Crippen LogP contribution in [0.1, 0.15) is 12.8 Å². The molecule has 0 N–H and O–H groups in total. The molecule has 0 saturated carbocycles. The van der Waals surface area contributed by atoms with Gasteiger partial charge in [-0.1, -0.05) is 28.1 Å². The smallest absolute Gasteiger partial charge is 0.190 e. The third kappa shape index (κ3) is 4.34. The van der Waals surface area contributed by atoms with E-state index >= 15 is 0 Å². The summed E-state index contributed by atoms with van der Waals surface area (Å²) in [7, 11) is 1.67. The summed E-state index contributed by atoms with van der Waals surface area (Å²) in [5, 5.41) is 2.18. The maximum Gasteiger partial charge on any atom is 0.190 e. The molecule has 2 aromatic carbocycles. The lowest BCUT2D eigenvalue weighted by atomic mass is 10.1. The molecule has 2 heterocycles. The maximum atomic E-state index is 5.89. The number of rotatable bonds is 5. The van der Waals surface area contributed by atoms with Gasteiger partial charge in [0.15, 0.2) is 4.80 Å². The van der Waals surface area contributed by atoms with Crippen molar-refractivity contribution in [2.45, 2.75) is 25.5 Å². The largest absolute Gasteiger partial charge is 0.497 e. The Bertz CT molecular complexity index is 972. The third-order valence-corrected chi connectivity index (χ3v) is 5.98. The number of aromatic nitrogens is 1. The van der Waals surface area contributed by atoms with Crippen LogP contribution in [0.5, 0.6) is 5.75 Å². The van der Waals surface area contributed by atoms with Gasteiger partial charge < -0.3 is 14.0 Å². The number of hydrogen-bond acceptors (Lipinski definition) is 4.